The lowest BCUT2D eigenvalue weighted by molar-refractivity contribution is -0.132. The Hall–Kier alpha value is -2.67. The van der Waals surface area contributed by atoms with E-state index in [0.29, 0.717) is 84.4 Å². The Morgan fingerprint density at radius 3 is 2.51 bits per heavy atom. The number of likely N-dealkylation sites (N-methyl/N-ethyl adjacent to an activating group) is 1. The number of anilines is 1. The number of piperazine rings is 1. The van der Waals surface area contributed by atoms with E-state index in [-0.39, 0.29) is 5.91 Å². The molecule has 12 heteroatoms. The van der Waals surface area contributed by atoms with Crippen LogP contribution in [0.25, 0.3) is 0 Å². The maximum absolute atomic E-state index is 12.6. The number of aromatic nitrogens is 2. The van der Waals surface area contributed by atoms with Gasteiger partial charge < -0.3 is 30.4 Å². The summed E-state index contributed by atoms with van der Waals surface area (Å²) in [5.41, 5.74) is 6.48. The summed E-state index contributed by atoms with van der Waals surface area (Å²) in [5, 5.41) is 2.68. The van der Waals surface area contributed by atoms with Gasteiger partial charge in [0, 0.05) is 70.3 Å². The van der Waals surface area contributed by atoms with Crippen LogP contribution >= 0.6 is 0 Å². The van der Waals surface area contributed by atoms with Gasteiger partial charge in [0.05, 0.1) is 26.2 Å². The molecule has 2 amide bonds. The van der Waals surface area contributed by atoms with Crippen molar-refractivity contribution < 1.29 is 19.1 Å². The summed E-state index contributed by atoms with van der Waals surface area (Å²) in [6.45, 7) is 8.07. The Morgan fingerprint density at radius 1 is 1.11 bits per heavy atom. The smallest absolute Gasteiger partial charge is 0.225 e. The summed E-state index contributed by atoms with van der Waals surface area (Å²) in [6.07, 6.45) is 6.34. The number of aldehydes is 1. The van der Waals surface area contributed by atoms with Crippen LogP contribution in [-0.2, 0) is 25.7 Å². The molecule has 0 bridgehead atoms. The summed E-state index contributed by atoms with van der Waals surface area (Å²) in [4.78, 5) is 50.5. The van der Waals surface area contributed by atoms with Gasteiger partial charge in [-0.05, 0) is 26.6 Å². The molecular formula is C23H40N8O4. The lowest BCUT2D eigenvalue weighted by Gasteiger charge is -2.34. The van der Waals surface area contributed by atoms with Crippen LogP contribution in [0.5, 0.6) is 0 Å². The quantitative estimate of drug-likeness (QED) is 0.185. The van der Waals surface area contributed by atoms with Crippen molar-refractivity contribution >= 4 is 24.6 Å². The molecule has 0 radical (unpaired) electrons. The zero-order chi connectivity index (χ0) is 25.3. The molecule has 2 rings (SSSR count). The van der Waals surface area contributed by atoms with E-state index in [4.69, 9.17) is 10.5 Å². The molecule has 35 heavy (non-hydrogen) atoms. The summed E-state index contributed by atoms with van der Waals surface area (Å²) in [6, 6.07) is 0. The fraction of sp³-hybridized carbons (Fsp3) is 0.696. The SMILES string of the molecule is CN(CC=O)CCCN(CCNC=O)CCOCCC(=O)N1CCN(c2ncc(CN)cn2)CC1. The fourth-order valence-corrected chi connectivity index (χ4v) is 3.79. The third-order valence-electron chi connectivity index (χ3n) is 5.91. The van der Waals surface area contributed by atoms with Crippen molar-refractivity contribution in [3.63, 3.8) is 0 Å². The van der Waals surface area contributed by atoms with Crippen LogP contribution in [0.1, 0.15) is 18.4 Å². The fourth-order valence-electron chi connectivity index (χ4n) is 3.79. The first kappa shape index (κ1) is 28.6. The van der Waals surface area contributed by atoms with E-state index in [1.165, 1.54) is 0 Å². The Labute approximate surface area is 207 Å². The topological polar surface area (TPSA) is 137 Å². The first-order chi connectivity index (χ1) is 17.1. The first-order valence-electron chi connectivity index (χ1n) is 12.2. The van der Waals surface area contributed by atoms with E-state index in [1.807, 2.05) is 16.8 Å². The first-order valence-corrected chi connectivity index (χ1v) is 12.2. The highest BCUT2D eigenvalue weighted by molar-refractivity contribution is 5.76. The Bertz CT molecular complexity index is 744. The predicted molar refractivity (Wildman–Crippen MR) is 133 cm³/mol. The average molecular weight is 493 g/mol. The molecule has 1 aromatic rings. The van der Waals surface area contributed by atoms with Crippen molar-refractivity contribution in [2.45, 2.75) is 19.4 Å². The van der Waals surface area contributed by atoms with E-state index < -0.39 is 0 Å². The number of ether oxygens (including phenoxy) is 1. The van der Waals surface area contributed by atoms with E-state index in [2.05, 4.69) is 25.1 Å². The van der Waals surface area contributed by atoms with Crippen molar-refractivity contribution in [2.75, 3.05) is 90.6 Å². The molecule has 0 unspecified atom stereocenters. The van der Waals surface area contributed by atoms with Crippen LogP contribution in [0.2, 0.25) is 0 Å². The normalized spacial score (nSPS) is 13.9. The van der Waals surface area contributed by atoms with Gasteiger partial charge in [-0.1, -0.05) is 0 Å². The van der Waals surface area contributed by atoms with Crippen LogP contribution in [0, 0.1) is 0 Å². The number of nitrogens with zero attached hydrogens (tertiary/aromatic N) is 6. The maximum Gasteiger partial charge on any atom is 0.225 e. The number of carbonyl (C=O) groups excluding carboxylic acids is 3. The highest BCUT2D eigenvalue weighted by Crippen LogP contribution is 2.11. The zero-order valence-corrected chi connectivity index (χ0v) is 20.8. The van der Waals surface area contributed by atoms with Crippen LogP contribution in [0.15, 0.2) is 12.4 Å². The van der Waals surface area contributed by atoms with Crippen molar-refractivity contribution in [3.05, 3.63) is 18.0 Å². The monoisotopic (exact) mass is 492 g/mol. The minimum absolute atomic E-state index is 0.0919. The molecule has 1 aliphatic heterocycles. The largest absolute Gasteiger partial charge is 0.380 e. The number of nitrogens with two attached hydrogens (primary N) is 1. The van der Waals surface area contributed by atoms with Gasteiger partial charge in [0.15, 0.2) is 0 Å². The Morgan fingerprint density at radius 2 is 1.86 bits per heavy atom. The van der Waals surface area contributed by atoms with Gasteiger partial charge in [0.1, 0.15) is 6.29 Å². The molecule has 1 aromatic heterocycles. The number of amides is 2. The van der Waals surface area contributed by atoms with Gasteiger partial charge in [-0.3, -0.25) is 19.4 Å². The average Bonchev–Trinajstić information content (AvgIpc) is 2.88. The van der Waals surface area contributed by atoms with E-state index in [9.17, 15) is 14.4 Å². The van der Waals surface area contributed by atoms with Crippen LogP contribution in [-0.4, -0.2) is 129 Å². The molecule has 1 saturated heterocycles. The van der Waals surface area contributed by atoms with Gasteiger partial charge in [-0.2, -0.15) is 0 Å². The van der Waals surface area contributed by atoms with Crippen LogP contribution < -0.4 is 16.0 Å². The summed E-state index contributed by atoms with van der Waals surface area (Å²) in [5.74, 6) is 0.759. The molecule has 0 atom stereocenters. The van der Waals surface area contributed by atoms with Crippen molar-refractivity contribution in [2.24, 2.45) is 5.73 Å². The molecule has 3 N–H and O–H groups in total. The second-order valence-electron chi connectivity index (χ2n) is 8.52. The molecule has 12 nitrogen and oxygen atoms in total. The number of carbonyl (C=O) groups is 3. The predicted octanol–water partition coefficient (Wildman–Crippen LogP) is -1.44. The molecule has 0 saturated carbocycles. The van der Waals surface area contributed by atoms with Crippen molar-refractivity contribution in [1.29, 1.82) is 0 Å². The lowest BCUT2D eigenvalue weighted by Crippen LogP contribution is -2.49. The zero-order valence-electron chi connectivity index (χ0n) is 20.8. The third-order valence-corrected chi connectivity index (χ3v) is 5.91. The van der Waals surface area contributed by atoms with Gasteiger partial charge in [0.25, 0.3) is 0 Å². The van der Waals surface area contributed by atoms with E-state index in [0.717, 1.165) is 37.9 Å². The minimum atomic E-state index is 0.0919. The molecule has 0 aromatic carbocycles. The highest BCUT2D eigenvalue weighted by Gasteiger charge is 2.22. The van der Waals surface area contributed by atoms with Crippen LogP contribution in [0.3, 0.4) is 0 Å². The van der Waals surface area contributed by atoms with Gasteiger partial charge >= 0.3 is 0 Å². The molecule has 0 aliphatic carbocycles. The summed E-state index contributed by atoms with van der Waals surface area (Å²) < 4.78 is 5.73. The second-order valence-corrected chi connectivity index (χ2v) is 8.52. The molecule has 1 aliphatic rings. The maximum atomic E-state index is 12.6. The van der Waals surface area contributed by atoms with Gasteiger partial charge in [-0.15, -0.1) is 0 Å². The number of rotatable bonds is 18. The van der Waals surface area contributed by atoms with E-state index >= 15 is 0 Å². The summed E-state index contributed by atoms with van der Waals surface area (Å²) in [7, 11) is 1.92. The number of hydrogen-bond donors (Lipinski definition) is 2. The highest BCUT2D eigenvalue weighted by atomic mass is 16.5. The van der Waals surface area contributed by atoms with E-state index in [1.54, 1.807) is 12.4 Å². The standard InChI is InChI=1S/C23H40N8O4/c1-28(12-14-32)5-2-6-29(7-4-25-20-33)13-16-35-15-3-22(34)30-8-10-31(11-9-30)23-26-18-21(17-24)19-27-23/h14,18-20H,2-13,15-17,24H2,1H3,(H,25,33). The van der Waals surface area contributed by atoms with Crippen molar-refractivity contribution in [3.8, 4) is 0 Å². The molecule has 1 fully saturated rings. The number of nitrogens with one attached hydrogen (secondary N) is 1. The number of hydrogen-bond acceptors (Lipinski definition) is 10. The second kappa shape index (κ2) is 16.9. The van der Waals surface area contributed by atoms with Crippen LogP contribution in [0.4, 0.5) is 5.95 Å². The minimum Gasteiger partial charge on any atom is -0.380 e. The Balaban J connectivity index is 1.62. The molecule has 2 heterocycles. The molecule has 0 spiro atoms. The lowest BCUT2D eigenvalue weighted by atomic mass is 10.3. The summed E-state index contributed by atoms with van der Waals surface area (Å²) >= 11 is 0. The molecule has 196 valence electrons. The van der Waals surface area contributed by atoms with Crippen molar-refractivity contribution in [1.82, 2.24) is 30.0 Å². The van der Waals surface area contributed by atoms with Gasteiger partial charge in [0.2, 0.25) is 18.3 Å². The third kappa shape index (κ3) is 11.1. The Kier molecular flexibility index (Phi) is 13.8. The van der Waals surface area contributed by atoms with Gasteiger partial charge in [-0.25, -0.2) is 9.97 Å². The molecular weight excluding hydrogens is 452 g/mol.